The molecule has 0 atom stereocenters. The Morgan fingerprint density at radius 3 is 2.47 bits per heavy atom. The van der Waals surface area contributed by atoms with Crippen molar-refractivity contribution in [2.24, 2.45) is 0 Å². The van der Waals surface area contributed by atoms with E-state index in [2.05, 4.69) is 37.9 Å². The smallest absolute Gasteiger partial charge is 0.102 e. The number of hydrogen-bond donors (Lipinski definition) is 0. The van der Waals surface area contributed by atoms with Crippen LogP contribution in [0, 0.1) is 0 Å². The highest BCUT2D eigenvalue weighted by Gasteiger charge is 2.24. The first kappa shape index (κ1) is 12.3. The second kappa shape index (κ2) is 5.48. The van der Waals surface area contributed by atoms with E-state index in [1.165, 1.54) is 17.7 Å². The third-order valence-electron chi connectivity index (χ3n) is 3.71. The highest BCUT2D eigenvalue weighted by atomic mass is 16.5. The molecule has 0 aliphatic carbocycles. The van der Waals surface area contributed by atoms with Gasteiger partial charge < -0.3 is 9.22 Å². The van der Waals surface area contributed by atoms with Crippen molar-refractivity contribution in [3.8, 4) is 0 Å². The Labute approximate surface area is 104 Å². The van der Waals surface area contributed by atoms with E-state index >= 15 is 0 Å². The van der Waals surface area contributed by atoms with Crippen LogP contribution in [0.3, 0.4) is 0 Å². The fourth-order valence-electron chi connectivity index (χ4n) is 2.23. The molecule has 0 saturated carbocycles. The Bertz CT molecular complexity index is 363. The molecule has 0 aromatic heterocycles. The van der Waals surface area contributed by atoms with Crippen molar-refractivity contribution in [2.75, 3.05) is 39.9 Å². The number of likely N-dealkylation sites (N-methyl/N-ethyl adjacent to an activating group) is 1. The standard InChI is InChI=1S/C15H22NO/c1-3-14-4-6-15(7-5-14)8-9-16(2)10-12-17-13-11-16/h3-7H,1,8-13H2,2H3/q+1. The van der Waals surface area contributed by atoms with Gasteiger partial charge in [0.1, 0.15) is 13.1 Å². The van der Waals surface area contributed by atoms with Crippen LogP contribution < -0.4 is 0 Å². The maximum Gasteiger partial charge on any atom is 0.102 e. The number of quaternary nitrogens is 1. The summed E-state index contributed by atoms with van der Waals surface area (Å²) in [6.07, 6.45) is 3.04. The van der Waals surface area contributed by atoms with Crippen molar-refractivity contribution in [1.82, 2.24) is 0 Å². The Morgan fingerprint density at radius 2 is 1.88 bits per heavy atom. The first-order chi connectivity index (χ1) is 8.22. The molecule has 1 saturated heterocycles. The Kier molecular flexibility index (Phi) is 3.97. The quantitative estimate of drug-likeness (QED) is 0.724. The number of morpholine rings is 1. The summed E-state index contributed by atoms with van der Waals surface area (Å²) in [4.78, 5) is 0. The van der Waals surface area contributed by atoms with Crippen molar-refractivity contribution in [3.63, 3.8) is 0 Å². The zero-order chi connectivity index (χ0) is 12.1. The minimum atomic E-state index is 0.909. The van der Waals surface area contributed by atoms with E-state index in [1.54, 1.807) is 0 Å². The molecule has 1 heterocycles. The summed E-state index contributed by atoms with van der Waals surface area (Å²) in [5.41, 5.74) is 2.61. The van der Waals surface area contributed by atoms with Crippen molar-refractivity contribution >= 4 is 6.08 Å². The van der Waals surface area contributed by atoms with Gasteiger partial charge in [-0.05, 0) is 11.1 Å². The van der Waals surface area contributed by atoms with Gasteiger partial charge in [-0.15, -0.1) is 0 Å². The molecule has 1 aliphatic heterocycles. The Hall–Kier alpha value is -1.12. The molecule has 2 rings (SSSR count). The lowest BCUT2D eigenvalue weighted by atomic mass is 10.1. The fraction of sp³-hybridized carbons (Fsp3) is 0.467. The van der Waals surface area contributed by atoms with Crippen LogP contribution in [-0.4, -0.2) is 44.4 Å². The van der Waals surface area contributed by atoms with Gasteiger partial charge in [0, 0.05) is 6.42 Å². The lowest BCUT2D eigenvalue weighted by Crippen LogP contribution is -2.52. The zero-order valence-corrected chi connectivity index (χ0v) is 10.7. The van der Waals surface area contributed by atoms with E-state index in [-0.39, 0.29) is 0 Å². The minimum absolute atomic E-state index is 0.909. The number of benzene rings is 1. The van der Waals surface area contributed by atoms with Crippen LogP contribution in [0.1, 0.15) is 11.1 Å². The normalized spacial score (nSPS) is 18.9. The molecule has 92 valence electrons. The van der Waals surface area contributed by atoms with Crippen LogP contribution in [-0.2, 0) is 11.2 Å². The van der Waals surface area contributed by atoms with E-state index in [4.69, 9.17) is 4.74 Å². The molecule has 1 aromatic carbocycles. The van der Waals surface area contributed by atoms with Gasteiger partial charge in [0.2, 0.25) is 0 Å². The largest absolute Gasteiger partial charge is 0.370 e. The maximum atomic E-state index is 5.42. The minimum Gasteiger partial charge on any atom is -0.370 e. The molecule has 2 heteroatoms. The summed E-state index contributed by atoms with van der Waals surface area (Å²) in [6, 6.07) is 8.70. The van der Waals surface area contributed by atoms with Gasteiger partial charge in [0.25, 0.3) is 0 Å². The number of nitrogens with zero attached hydrogens (tertiary/aromatic N) is 1. The molecule has 1 aromatic rings. The van der Waals surface area contributed by atoms with Crippen LogP contribution in [0.25, 0.3) is 6.08 Å². The van der Waals surface area contributed by atoms with Crippen LogP contribution in [0.2, 0.25) is 0 Å². The third-order valence-corrected chi connectivity index (χ3v) is 3.71. The fourth-order valence-corrected chi connectivity index (χ4v) is 2.23. The number of hydrogen-bond acceptors (Lipinski definition) is 1. The first-order valence-corrected chi connectivity index (χ1v) is 6.35. The van der Waals surface area contributed by atoms with E-state index in [0.717, 1.165) is 37.2 Å². The summed E-state index contributed by atoms with van der Waals surface area (Å²) >= 11 is 0. The van der Waals surface area contributed by atoms with Crippen LogP contribution in [0.15, 0.2) is 30.8 Å². The van der Waals surface area contributed by atoms with Gasteiger partial charge >= 0.3 is 0 Å². The summed E-state index contributed by atoms with van der Waals surface area (Å²) in [5, 5.41) is 0. The van der Waals surface area contributed by atoms with Crippen LogP contribution >= 0.6 is 0 Å². The van der Waals surface area contributed by atoms with Crippen molar-refractivity contribution < 1.29 is 9.22 Å². The molecule has 0 unspecified atom stereocenters. The molecule has 1 fully saturated rings. The summed E-state index contributed by atoms with van der Waals surface area (Å²) < 4.78 is 6.56. The second-order valence-corrected chi connectivity index (χ2v) is 5.10. The molecule has 2 nitrogen and oxygen atoms in total. The average molecular weight is 232 g/mol. The predicted octanol–water partition coefficient (Wildman–Crippen LogP) is 2.35. The number of ether oxygens (including phenoxy) is 1. The zero-order valence-electron chi connectivity index (χ0n) is 10.7. The van der Waals surface area contributed by atoms with E-state index in [9.17, 15) is 0 Å². The SMILES string of the molecule is C=Cc1ccc(CC[N+]2(C)CCOCC2)cc1. The van der Waals surface area contributed by atoms with Gasteiger partial charge in [-0.1, -0.05) is 36.9 Å². The van der Waals surface area contributed by atoms with Crippen LogP contribution in [0.5, 0.6) is 0 Å². The van der Waals surface area contributed by atoms with Gasteiger partial charge in [0.15, 0.2) is 0 Å². The molecular formula is C15H22NO+. The molecule has 0 bridgehead atoms. The van der Waals surface area contributed by atoms with Gasteiger partial charge in [-0.3, -0.25) is 0 Å². The van der Waals surface area contributed by atoms with Crippen molar-refractivity contribution in [3.05, 3.63) is 42.0 Å². The third kappa shape index (κ3) is 3.42. The Morgan fingerprint density at radius 1 is 1.24 bits per heavy atom. The molecule has 1 aliphatic rings. The molecule has 0 N–H and O–H groups in total. The van der Waals surface area contributed by atoms with Gasteiger partial charge in [-0.2, -0.15) is 0 Å². The van der Waals surface area contributed by atoms with E-state index < -0.39 is 0 Å². The van der Waals surface area contributed by atoms with Crippen LogP contribution in [0.4, 0.5) is 0 Å². The monoisotopic (exact) mass is 232 g/mol. The van der Waals surface area contributed by atoms with Crippen molar-refractivity contribution in [1.29, 1.82) is 0 Å². The lowest BCUT2D eigenvalue weighted by Gasteiger charge is -2.37. The highest BCUT2D eigenvalue weighted by Crippen LogP contribution is 2.11. The molecule has 0 spiro atoms. The first-order valence-electron chi connectivity index (χ1n) is 6.35. The summed E-state index contributed by atoms with van der Waals surface area (Å²) in [6.45, 7) is 9.08. The highest BCUT2D eigenvalue weighted by molar-refractivity contribution is 5.47. The predicted molar refractivity (Wildman–Crippen MR) is 71.8 cm³/mol. The number of rotatable bonds is 4. The van der Waals surface area contributed by atoms with Crippen molar-refractivity contribution in [2.45, 2.75) is 6.42 Å². The average Bonchev–Trinajstić information content (AvgIpc) is 2.38. The lowest BCUT2D eigenvalue weighted by molar-refractivity contribution is -0.916. The van der Waals surface area contributed by atoms with Gasteiger partial charge in [0.05, 0.1) is 26.8 Å². The molecule has 17 heavy (non-hydrogen) atoms. The molecular weight excluding hydrogens is 210 g/mol. The summed E-state index contributed by atoms with van der Waals surface area (Å²) in [5.74, 6) is 0. The second-order valence-electron chi connectivity index (χ2n) is 5.10. The van der Waals surface area contributed by atoms with E-state index in [1.807, 2.05) is 6.08 Å². The molecule has 0 radical (unpaired) electrons. The van der Waals surface area contributed by atoms with E-state index in [0.29, 0.717) is 0 Å². The van der Waals surface area contributed by atoms with Gasteiger partial charge in [-0.25, -0.2) is 0 Å². The maximum absolute atomic E-state index is 5.42. The summed E-state index contributed by atoms with van der Waals surface area (Å²) in [7, 11) is 2.33. The Balaban J connectivity index is 1.89. The molecule has 0 amide bonds. The topological polar surface area (TPSA) is 9.23 Å².